The second-order valence-corrected chi connectivity index (χ2v) is 13.2. The molecular formula is C33H40N6Na2O10S. The summed E-state index contributed by atoms with van der Waals surface area (Å²) in [4.78, 5) is 66.6. The number of aliphatic carboxylic acids is 2. The SMILES string of the molecule is CCCN(CCC)S(=O)(=O)c1ccc(C(=O)O)cc1.Nc1nc2[nH]cc(CCc3ccc(C(=O)N[C@@H](CCC(=O)O)C(=O)O)cc3)c2c(=O)[nH]1.[Na].[Na]. The Balaban J connectivity index is 0.000000558. The van der Waals surface area contributed by atoms with Crippen LogP contribution < -0.4 is 16.6 Å². The van der Waals surface area contributed by atoms with Crippen LogP contribution in [0, 0.1) is 0 Å². The molecule has 4 aromatic rings. The molecule has 270 valence electrons. The molecule has 2 aromatic heterocycles. The number of nitrogens with zero attached hydrogens (tertiary/aromatic N) is 2. The molecule has 0 unspecified atom stereocenters. The number of amides is 1. The summed E-state index contributed by atoms with van der Waals surface area (Å²) in [6.45, 7) is 4.78. The smallest absolute Gasteiger partial charge is 0.335 e. The molecule has 0 saturated heterocycles. The number of aryl methyl sites for hydroxylation is 2. The van der Waals surface area contributed by atoms with Crippen molar-refractivity contribution in [3.8, 4) is 0 Å². The number of carboxylic acid groups (broad SMARTS) is 3. The number of aromatic amines is 2. The zero-order valence-corrected chi connectivity index (χ0v) is 34.3. The minimum atomic E-state index is -3.53. The van der Waals surface area contributed by atoms with Gasteiger partial charge in [-0.25, -0.2) is 18.0 Å². The van der Waals surface area contributed by atoms with E-state index in [1.54, 1.807) is 30.5 Å². The van der Waals surface area contributed by atoms with E-state index in [0.717, 1.165) is 24.0 Å². The summed E-state index contributed by atoms with van der Waals surface area (Å²) in [5, 5.41) is 29.4. The third kappa shape index (κ3) is 13.1. The van der Waals surface area contributed by atoms with Crippen molar-refractivity contribution in [2.45, 2.75) is 63.3 Å². The average Bonchev–Trinajstić information content (AvgIpc) is 3.48. The Morgan fingerprint density at radius 1 is 0.904 bits per heavy atom. The van der Waals surface area contributed by atoms with Gasteiger partial charge in [0.2, 0.25) is 16.0 Å². The van der Waals surface area contributed by atoms with Crippen LogP contribution in [0.3, 0.4) is 0 Å². The standard InChI is InChI=1S/C20H21N5O6.C13H19NO4S.2Na/c21-20-24-16-15(18(29)25-20)12(9-22-16)6-3-10-1-4-11(5-2-10)17(28)23-13(19(30)31)7-8-14(26)27;1-3-9-14(10-4-2)19(17,18)12-7-5-11(6-8-12)13(15)16;;/h1-2,4-5,9,13H,3,6-8H2,(H,23,28)(H,26,27)(H,30,31)(H4,21,22,24,25,29);5-8H,3-4,9-10H2,1-2H3,(H,15,16);;/t13-;;;/m0.../s1. The van der Waals surface area contributed by atoms with Crippen LogP contribution >= 0.6 is 0 Å². The van der Waals surface area contributed by atoms with Gasteiger partial charge in [-0.15, -0.1) is 0 Å². The Labute approximate surface area is 344 Å². The molecule has 2 radical (unpaired) electrons. The second kappa shape index (κ2) is 21.9. The number of fused-ring (bicyclic) bond motifs is 1. The maximum Gasteiger partial charge on any atom is 0.335 e. The molecule has 0 saturated carbocycles. The molecule has 0 fully saturated rings. The fraction of sp³-hybridized carbons (Fsp3) is 0.333. The zero-order valence-electron chi connectivity index (χ0n) is 29.5. The van der Waals surface area contributed by atoms with E-state index in [4.69, 9.17) is 21.1 Å². The summed E-state index contributed by atoms with van der Waals surface area (Å²) >= 11 is 0. The number of hydrogen-bond acceptors (Lipinski definition) is 9. The summed E-state index contributed by atoms with van der Waals surface area (Å²) in [6, 6.07) is 10.6. The number of nitrogens with two attached hydrogens (primary N) is 1. The van der Waals surface area contributed by atoms with Crippen LogP contribution in [-0.4, -0.2) is 145 Å². The van der Waals surface area contributed by atoms with Crippen molar-refractivity contribution in [2.24, 2.45) is 0 Å². The third-order valence-corrected chi connectivity index (χ3v) is 9.39. The maximum atomic E-state index is 12.4. The van der Waals surface area contributed by atoms with Gasteiger partial charge in [0.25, 0.3) is 11.5 Å². The first-order chi connectivity index (χ1) is 23.7. The molecule has 0 aliphatic carbocycles. The van der Waals surface area contributed by atoms with Crippen LogP contribution in [0.15, 0.2) is 64.4 Å². The van der Waals surface area contributed by atoms with Crippen molar-refractivity contribution in [3.05, 3.63) is 87.3 Å². The number of benzene rings is 2. The van der Waals surface area contributed by atoms with E-state index < -0.39 is 39.9 Å². The number of anilines is 1. The minimum Gasteiger partial charge on any atom is -0.481 e. The number of sulfonamides is 1. The predicted octanol–water partition coefficient (Wildman–Crippen LogP) is 2.10. The normalized spacial score (nSPS) is 11.4. The number of aromatic carboxylic acids is 1. The van der Waals surface area contributed by atoms with E-state index in [9.17, 15) is 32.4 Å². The van der Waals surface area contributed by atoms with Crippen molar-refractivity contribution in [1.82, 2.24) is 24.6 Å². The largest absolute Gasteiger partial charge is 0.481 e. The molecule has 2 aromatic carbocycles. The number of nitrogen functional groups attached to an aromatic ring is 1. The van der Waals surface area contributed by atoms with E-state index in [1.807, 2.05) is 13.8 Å². The van der Waals surface area contributed by atoms with Crippen molar-refractivity contribution in [1.29, 1.82) is 0 Å². The van der Waals surface area contributed by atoms with Gasteiger partial charge in [0.1, 0.15) is 11.7 Å². The molecule has 0 bridgehead atoms. The molecule has 16 nitrogen and oxygen atoms in total. The van der Waals surface area contributed by atoms with Crippen LogP contribution in [-0.2, 0) is 32.5 Å². The first-order valence-corrected chi connectivity index (χ1v) is 17.2. The third-order valence-electron chi connectivity index (χ3n) is 7.48. The molecule has 4 rings (SSSR count). The molecule has 0 aliphatic heterocycles. The first-order valence-electron chi connectivity index (χ1n) is 15.7. The van der Waals surface area contributed by atoms with Gasteiger partial charge in [-0.05, 0) is 79.6 Å². The Bertz CT molecular complexity index is 1980. The van der Waals surface area contributed by atoms with E-state index >= 15 is 0 Å². The van der Waals surface area contributed by atoms with Gasteiger partial charge < -0.3 is 31.4 Å². The summed E-state index contributed by atoms with van der Waals surface area (Å²) in [5.74, 6) is -4.07. The number of carbonyl (C=O) groups is 4. The fourth-order valence-corrected chi connectivity index (χ4v) is 6.58. The molecule has 19 heteroatoms. The number of carbonyl (C=O) groups excluding carboxylic acids is 1. The number of rotatable bonds is 16. The van der Waals surface area contributed by atoms with Gasteiger partial charge in [-0.3, -0.25) is 19.4 Å². The first kappa shape index (κ1) is 46.5. The van der Waals surface area contributed by atoms with Crippen LogP contribution in [0.5, 0.6) is 0 Å². The summed E-state index contributed by atoms with van der Waals surface area (Å²) in [6.07, 6.45) is 3.76. The Hall–Kier alpha value is -3.55. The van der Waals surface area contributed by atoms with E-state index in [1.165, 1.54) is 28.6 Å². The topological polar surface area (TPSA) is 266 Å². The quantitative estimate of drug-likeness (QED) is 0.0810. The van der Waals surface area contributed by atoms with Crippen molar-refractivity contribution in [3.63, 3.8) is 0 Å². The summed E-state index contributed by atoms with van der Waals surface area (Å²) < 4.78 is 26.2. The average molecular weight is 759 g/mol. The van der Waals surface area contributed by atoms with Gasteiger partial charge in [-0.1, -0.05) is 26.0 Å². The Morgan fingerprint density at radius 3 is 2.00 bits per heavy atom. The molecule has 2 heterocycles. The van der Waals surface area contributed by atoms with E-state index in [0.29, 0.717) is 37.0 Å². The molecule has 0 aliphatic rings. The maximum absolute atomic E-state index is 12.4. The van der Waals surface area contributed by atoms with Crippen LogP contribution in [0.4, 0.5) is 5.95 Å². The monoisotopic (exact) mass is 758 g/mol. The van der Waals surface area contributed by atoms with Crippen molar-refractivity contribution < 1.29 is 42.9 Å². The molecule has 8 N–H and O–H groups in total. The van der Waals surface area contributed by atoms with Crippen LogP contribution in [0.1, 0.15) is 71.4 Å². The summed E-state index contributed by atoms with van der Waals surface area (Å²) in [5.41, 5.74) is 7.67. The number of carboxylic acids is 3. The molecular weight excluding hydrogens is 718 g/mol. The van der Waals surface area contributed by atoms with Gasteiger partial charge >= 0.3 is 17.9 Å². The van der Waals surface area contributed by atoms with E-state index in [2.05, 4.69) is 20.3 Å². The van der Waals surface area contributed by atoms with Crippen LogP contribution in [0.25, 0.3) is 11.0 Å². The van der Waals surface area contributed by atoms with Crippen molar-refractivity contribution in [2.75, 3.05) is 18.8 Å². The Kier molecular flexibility index (Phi) is 19.5. The fourth-order valence-electron chi connectivity index (χ4n) is 4.96. The van der Waals surface area contributed by atoms with Crippen molar-refractivity contribution >= 4 is 110 Å². The second-order valence-electron chi connectivity index (χ2n) is 11.2. The number of aromatic nitrogens is 3. The molecule has 52 heavy (non-hydrogen) atoms. The predicted molar refractivity (Wildman–Crippen MR) is 195 cm³/mol. The number of hydrogen-bond donors (Lipinski definition) is 7. The molecule has 1 atom stereocenters. The number of H-pyrrole nitrogens is 2. The van der Waals surface area contributed by atoms with E-state index in [-0.39, 0.29) is 99.5 Å². The number of nitrogens with one attached hydrogen (secondary N) is 3. The van der Waals surface area contributed by atoms with Crippen LogP contribution in [0.2, 0.25) is 0 Å². The zero-order chi connectivity index (χ0) is 37.0. The van der Waals surface area contributed by atoms with Gasteiger partial charge in [0, 0.05) is 90.4 Å². The molecule has 0 spiro atoms. The minimum absolute atomic E-state index is 0. The molecule has 1 amide bonds. The summed E-state index contributed by atoms with van der Waals surface area (Å²) in [7, 11) is -3.53. The van der Waals surface area contributed by atoms with Gasteiger partial charge in [0.15, 0.2) is 0 Å². The van der Waals surface area contributed by atoms with Gasteiger partial charge in [-0.2, -0.15) is 9.29 Å². The van der Waals surface area contributed by atoms with Gasteiger partial charge in [0.05, 0.1) is 15.8 Å². The Morgan fingerprint density at radius 2 is 1.48 bits per heavy atom.